The summed E-state index contributed by atoms with van der Waals surface area (Å²) < 4.78 is 0. The van der Waals surface area contributed by atoms with Gasteiger partial charge in [-0.2, -0.15) is 0 Å². The molecule has 13 heavy (non-hydrogen) atoms. The van der Waals surface area contributed by atoms with Crippen molar-refractivity contribution in [1.29, 1.82) is 0 Å². The zero-order chi connectivity index (χ0) is 10.1. The Hall–Kier alpha value is -0.770. The van der Waals surface area contributed by atoms with Crippen molar-refractivity contribution in [2.45, 2.75) is 32.7 Å². The SMILES string of the molecule is CC.CNC(=O)NCC1CCCN1. The van der Waals surface area contributed by atoms with Gasteiger partial charge < -0.3 is 16.0 Å². The number of hydrogen-bond donors (Lipinski definition) is 3. The lowest BCUT2D eigenvalue weighted by molar-refractivity contribution is 0.242. The molecule has 1 saturated heterocycles. The van der Waals surface area contributed by atoms with E-state index in [9.17, 15) is 4.79 Å². The topological polar surface area (TPSA) is 53.2 Å². The zero-order valence-electron chi connectivity index (χ0n) is 8.81. The van der Waals surface area contributed by atoms with Crippen molar-refractivity contribution in [1.82, 2.24) is 16.0 Å². The number of amides is 2. The van der Waals surface area contributed by atoms with E-state index in [1.165, 1.54) is 12.8 Å². The van der Waals surface area contributed by atoms with E-state index >= 15 is 0 Å². The molecule has 1 aliphatic rings. The number of hydrogen-bond acceptors (Lipinski definition) is 2. The molecule has 1 atom stereocenters. The number of urea groups is 1. The van der Waals surface area contributed by atoms with Crippen LogP contribution in [0.3, 0.4) is 0 Å². The molecule has 1 heterocycles. The van der Waals surface area contributed by atoms with E-state index in [1.54, 1.807) is 7.05 Å². The monoisotopic (exact) mass is 187 g/mol. The average Bonchev–Trinajstić information content (AvgIpc) is 2.70. The van der Waals surface area contributed by atoms with Gasteiger partial charge in [-0.25, -0.2) is 4.79 Å². The molecule has 1 fully saturated rings. The first-order valence-electron chi connectivity index (χ1n) is 5.02. The average molecular weight is 187 g/mol. The van der Waals surface area contributed by atoms with Crippen LogP contribution in [0, 0.1) is 0 Å². The number of rotatable bonds is 2. The van der Waals surface area contributed by atoms with Gasteiger partial charge in [-0.1, -0.05) is 13.8 Å². The molecule has 0 spiro atoms. The highest BCUT2D eigenvalue weighted by Gasteiger charge is 2.13. The van der Waals surface area contributed by atoms with Crippen LogP contribution in [0.5, 0.6) is 0 Å². The van der Waals surface area contributed by atoms with Crippen LogP contribution in [0.4, 0.5) is 4.79 Å². The van der Waals surface area contributed by atoms with E-state index in [0.717, 1.165) is 13.1 Å². The van der Waals surface area contributed by atoms with Crippen molar-refractivity contribution in [3.8, 4) is 0 Å². The molecule has 4 nitrogen and oxygen atoms in total. The van der Waals surface area contributed by atoms with Crippen LogP contribution < -0.4 is 16.0 Å². The van der Waals surface area contributed by atoms with Crippen LogP contribution in [-0.4, -0.2) is 32.2 Å². The Bertz CT molecular complexity index is 133. The van der Waals surface area contributed by atoms with Gasteiger partial charge in [-0.15, -0.1) is 0 Å². The third-order valence-electron chi connectivity index (χ3n) is 1.90. The van der Waals surface area contributed by atoms with E-state index < -0.39 is 0 Å². The summed E-state index contributed by atoms with van der Waals surface area (Å²) in [6.45, 7) is 5.82. The van der Waals surface area contributed by atoms with Gasteiger partial charge in [0.1, 0.15) is 0 Å². The standard InChI is InChI=1S/C7H15N3O.C2H6/c1-8-7(11)10-5-6-3-2-4-9-6;1-2/h6,9H,2-5H2,1H3,(H2,8,10,11);1-2H3. The van der Waals surface area contributed by atoms with Gasteiger partial charge >= 0.3 is 6.03 Å². The highest BCUT2D eigenvalue weighted by atomic mass is 16.2. The molecule has 0 saturated carbocycles. The molecule has 4 heteroatoms. The number of carbonyl (C=O) groups excluding carboxylic acids is 1. The zero-order valence-corrected chi connectivity index (χ0v) is 8.81. The first-order valence-corrected chi connectivity index (χ1v) is 5.02. The van der Waals surface area contributed by atoms with E-state index in [1.807, 2.05) is 13.8 Å². The maximum absolute atomic E-state index is 10.7. The van der Waals surface area contributed by atoms with Gasteiger partial charge in [-0.3, -0.25) is 0 Å². The fraction of sp³-hybridized carbons (Fsp3) is 0.889. The van der Waals surface area contributed by atoms with E-state index in [4.69, 9.17) is 0 Å². The molecule has 78 valence electrons. The second-order valence-corrected chi connectivity index (χ2v) is 2.75. The molecule has 1 unspecified atom stereocenters. The van der Waals surface area contributed by atoms with E-state index in [0.29, 0.717) is 6.04 Å². The molecule has 0 aliphatic carbocycles. The Balaban J connectivity index is 0.000000671. The summed E-state index contributed by atoms with van der Waals surface area (Å²) >= 11 is 0. The van der Waals surface area contributed by atoms with E-state index in [2.05, 4.69) is 16.0 Å². The molecule has 0 bridgehead atoms. The molecule has 1 rings (SSSR count). The Morgan fingerprint density at radius 1 is 1.54 bits per heavy atom. The van der Waals surface area contributed by atoms with Crippen molar-refractivity contribution < 1.29 is 4.79 Å². The Morgan fingerprint density at radius 2 is 2.23 bits per heavy atom. The fourth-order valence-electron chi connectivity index (χ4n) is 1.24. The van der Waals surface area contributed by atoms with Crippen LogP contribution in [-0.2, 0) is 0 Å². The fourth-order valence-corrected chi connectivity index (χ4v) is 1.24. The normalized spacial score (nSPS) is 20.1. The van der Waals surface area contributed by atoms with Gasteiger partial charge in [0.15, 0.2) is 0 Å². The third-order valence-corrected chi connectivity index (χ3v) is 1.90. The molecule has 1 aliphatic heterocycles. The predicted molar refractivity (Wildman–Crippen MR) is 54.8 cm³/mol. The third kappa shape index (κ3) is 5.47. The quantitative estimate of drug-likeness (QED) is 0.596. The van der Waals surface area contributed by atoms with E-state index in [-0.39, 0.29) is 6.03 Å². The molecule has 0 aromatic rings. The summed E-state index contributed by atoms with van der Waals surface area (Å²) in [7, 11) is 1.62. The summed E-state index contributed by atoms with van der Waals surface area (Å²) in [5.41, 5.74) is 0. The van der Waals surface area contributed by atoms with Crippen LogP contribution in [0.15, 0.2) is 0 Å². The summed E-state index contributed by atoms with van der Waals surface area (Å²) in [6.07, 6.45) is 2.39. The second kappa shape index (κ2) is 7.86. The minimum Gasteiger partial charge on any atom is -0.341 e. The minimum atomic E-state index is -0.0984. The molecular formula is C9H21N3O. The Labute approximate surface area is 80.5 Å². The van der Waals surface area contributed by atoms with Crippen LogP contribution >= 0.6 is 0 Å². The largest absolute Gasteiger partial charge is 0.341 e. The number of carbonyl (C=O) groups is 1. The highest BCUT2D eigenvalue weighted by molar-refractivity contribution is 5.73. The van der Waals surface area contributed by atoms with Gasteiger partial charge in [0, 0.05) is 19.6 Å². The lowest BCUT2D eigenvalue weighted by atomic mass is 10.2. The Kier molecular flexibility index (Phi) is 7.39. The lowest BCUT2D eigenvalue weighted by Crippen LogP contribution is -2.41. The van der Waals surface area contributed by atoms with Gasteiger partial charge in [0.2, 0.25) is 0 Å². The van der Waals surface area contributed by atoms with Gasteiger partial charge in [0.05, 0.1) is 0 Å². The maximum atomic E-state index is 10.7. The molecular weight excluding hydrogens is 166 g/mol. The van der Waals surface area contributed by atoms with Gasteiger partial charge in [-0.05, 0) is 19.4 Å². The van der Waals surface area contributed by atoms with Crippen LogP contribution in [0.25, 0.3) is 0 Å². The van der Waals surface area contributed by atoms with Crippen LogP contribution in [0.2, 0.25) is 0 Å². The van der Waals surface area contributed by atoms with Gasteiger partial charge in [0.25, 0.3) is 0 Å². The molecule has 0 aromatic heterocycles. The van der Waals surface area contributed by atoms with Crippen molar-refractivity contribution >= 4 is 6.03 Å². The molecule has 3 N–H and O–H groups in total. The molecule has 0 aromatic carbocycles. The van der Waals surface area contributed by atoms with Crippen molar-refractivity contribution in [2.24, 2.45) is 0 Å². The smallest absolute Gasteiger partial charge is 0.314 e. The van der Waals surface area contributed by atoms with Crippen molar-refractivity contribution in [2.75, 3.05) is 20.1 Å². The predicted octanol–water partition coefficient (Wildman–Crippen LogP) is 0.694. The molecule has 0 radical (unpaired) electrons. The molecule has 2 amide bonds. The summed E-state index contributed by atoms with van der Waals surface area (Å²) in [6, 6.07) is 0.381. The second-order valence-electron chi connectivity index (χ2n) is 2.75. The first-order chi connectivity index (χ1) is 6.33. The minimum absolute atomic E-state index is 0.0984. The number of nitrogens with one attached hydrogen (secondary N) is 3. The van der Waals surface area contributed by atoms with Crippen molar-refractivity contribution in [3.63, 3.8) is 0 Å². The van der Waals surface area contributed by atoms with Crippen molar-refractivity contribution in [3.05, 3.63) is 0 Å². The highest BCUT2D eigenvalue weighted by Crippen LogP contribution is 2.02. The Morgan fingerprint density at radius 3 is 2.69 bits per heavy atom. The summed E-state index contributed by atoms with van der Waals surface area (Å²) in [4.78, 5) is 10.7. The lowest BCUT2D eigenvalue weighted by Gasteiger charge is -2.10. The van der Waals surface area contributed by atoms with Crippen LogP contribution in [0.1, 0.15) is 26.7 Å². The first kappa shape index (κ1) is 12.2. The summed E-state index contributed by atoms with van der Waals surface area (Å²) in [5, 5.41) is 8.57. The maximum Gasteiger partial charge on any atom is 0.314 e. The summed E-state index contributed by atoms with van der Waals surface area (Å²) in [5.74, 6) is 0.